The average molecular weight is 297 g/mol. The molecule has 0 amide bonds. The Balaban J connectivity index is 0.000000245. The molecular formula is C14H28Ru. The molecule has 2 saturated carbocycles. The van der Waals surface area contributed by atoms with Crippen LogP contribution < -0.4 is 0 Å². The summed E-state index contributed by atoms with van der Waals surface area (Å²) in [5, 5.41) is 0. The van der Waals surface area contributed by atoms with Crippen LogP contribution in [0.4, 0.5) is 0 Å². The van der Waals surface area contributed by atoms with Crippen LogP contribution in [0, 0.1) is 23.7 Å². The van der Waals surface area contributed by atoms with Gasteiger partial charge in [-0.2, -0.15) is 0 Å². The predicted molar refractivity (Wildman–Crippen MR) is 64.4 cm³/mol. The molecule has 2 aliphatic rings. The monoisotopic (exact) mass is 298 g/mol. The molecule has 1 heteroatoms. The molecule has 92 valence electrons. The van der Waals surface area contributed by atoms with Crippen molar-refractivity contribution in [2.75, 3.05) is 0 Å². The van der Waals surface area contributed by atoms with Gasteiger partial charge in [-0.15, -0.1) is 0 Å². The Morgan fingerprint density at radius 1 is 0.533 bits per heavy atom. The fourth-order valence-corrected chi connectivity index (χ4v) is 2.98. The minimum absolute atomic E-state index is 0. The smallest absolute Gasteiger partial charge is 0 e. The summed E-state index contributed by atoms with van der Waals surface area (Å²) in [5.74, 6) is 4.09. The molecule has 2 fully saturated rings. The van der Waals surface area contributed by atoms with Gasteiger partial charge in [-0.25, -0.2) is 0 Å². The molecule has 0 aliphatic heterocycles. The van der Waals surface area contributed by atoms with Crippen molar-refractivity contribution in [1.82, 2.24) is 0 Å². The van der Waals surface area contributed by atoms with E-state index in [2.05, 4.69) is 27.7 Å². The molecule has 0 saturated heterocycles. The normalized spacial score (nSPS) is 39.2. The van der Waals surface area contributed by atoms with Gasteiger partial charge in [-0.3, -0.25) is 0 Å². The second kappa shape index (κ2) is 7.83. The molecular weight excluding hydrogens is 269 g/mol. The maximum atomic E-state index is 2.35. The van der Waals surface area contributed by atoms with Gasteiger partial charge in [0, 0.05) is 19.5 Å². The van der Waals surface area contributed by atoms with E-state index in [1.54, 1.807) is 0 Å². The van der Waals surface area contributed by atoms with Crippen LogP contribution in [0.2, 0.25) is 0 Å². The minimum atomic E-state index is 0. The summed E-state index contributed by atoms with van der Waals surface area (Å²) >= 11 is 0. The maximum Gasteiger partial charge on any atom is 0 e. The summed E-state index contributed by atoms with van der Waals surface area (Å²) in [6.07, 6.45) is 8.84. The maximum absolute atomic E-state index is 2.35. The van der Waals surface area contributed by atoms with Crippen molar-refractivity contribution in [2.24, 2.45) is 23.7 Å². The second-order valence-corrected chi connectivity index (χ2v) is 6.05. The minimum Gasteiger partial charge on any atom is -0.0625 e. The molecule has 15 heavy (non-hydrogen) atoms. The van der Waals surface area contributed by atoms with E-state index in [1.807, 2.05) is 0 Å². The van der Waals surface area contributed by atoms with E-state index in [9.17, 15) is 0 Å². The van der Waals surface area contributed by atoms with Crippen LogP contribution in [0.25, 0.3) is 0 Å². The van der Waals surface area contributed by atoms with Crippen molar-refractivity contribution in [3.8, 4) is 0 Å². The summed E-state index contributed by atoms with van der Waals surface area (Å²) in [6, 6.07) is 0. The molecule has 0 radical (unpaired) electrons. The summed E-state index contributed by atoms with van der Waals surface area (Å²) < 4.78 is 0. The van der Waals surface area contributed by atoms with Crippen LogP contribution in [0.1, 0.15) is 66.2 Å². The molecule has 0 N–H and O–H groups in total. The first-order chi connectivity index (χ1) is 6.58. The first-order valence-corrected chi connectivity index (χ1v) is 6.58. The Kier molecular flexibility index (Phi) is 8.15. The number of rotatable bonds is 0. The SMILES string of the molecule is CC1CCC(C)C1.CC1CCC(C)C1.[Ru]. The van der Waals surface area contributed by atoms with Gasteiger partial charge in [-0.05, 0) is 36.5 Å². The Hall–Kier alpha value is 0.623. The van der Waals surface area contributed by atoms with Gasteiger partial charge in [0.25, 0.3) is 0 Å². The fraction of sp³-hybridized carbons (Fsp3) is 1.00. The van der Waals surface area contributed by atoms with Crippen molar-refractivity contribution < 1.29 is 19.5 Å². The first-order valence-electron chi connectivity index (χ1n) is 6.58. The van der Waals surface area contributed by atoms with E-state index in [0.717, 1.165) is 23.7 Å². The molecule has 0 nitrogen and oxygen atoms in total. The van der Waals surface area contributed by atoms with Crippen LogP contribution in [0.5, 0.6) is 0 Å². The van der Waals surface area contributed by atoms with Crippen LogP contribution in [-0.2, 0) is 19.5 Å². The van der Waals surface area contributed by atoms with E-state index in [4.69, 9.17) is 0 Å². The number of hydrogen-bond acceptors (Lipinski definition) is 0. The molecule has 0 aromatic rings. The molecule has 4 unspecified atom stereocenters. The average Bonchev–Trinajstić information content (AvgIpc) is 2.63. The van der Waals surface area contributed by atoms with Gasteiger partial charge in [-0.1, -0.05) is 53.4 Å². The standard InChI is InChI=1S/2C7H14.Ru/c2*1-6-3-4-7(2)5-6;/h2*6-7H,3-5H2,1-2H3;. The fourth-order valence-electron chi connectivity index (χ4n) is 2.98. The Morgan fingerprint density at radius 2 is 0.733 bits per heavy atom. The molecule has 0 heterocycles. The van der Waals surface area contributed by atoms with Crippen LogP contribution in [-0.4, -0.2) is 0 Å². The third-order valence-electron chi connectivity index (χ3n) is 3.91. The number of hydrogen-bond donors (Lipinski definition) is 0. The van der Waals surface area contributed by atoms with Crippen molar-refractivity contribution in [3.63, 3.8) is 0 Å². The summed E-state index contributed by atoms with van der Waals surface area (Å²) in [5.41, 5.74) is 0. The van der Waals surface area contributed by atoms with Gasteiger partial charge in [0.1, 0.15) is 0 Å². The Labute approximate surface area is 109 Å². The summed E-state index contributed by atoms with van der Waals surface area (Å²) in [7, 11) is 0. The van der Waals surface area contributed by atoms with Crippen molar-refractivity contribution in [3.05, 3.63) is 0 Å². The summed E-state index contributed by atoms with van der Waals surface area (Å²) in [4.78, 5) is 0. The third kappa shape index (κ3) is 6.72. The van der Waals surface area contributed by atoms with Crippen LogP contribution >= 0.6 is 0 Å². The van der Waals surface area contributed by atoms with Gasteiger partial charge in [0.15, 0.2) is 0 Å². The predicted octanol–water partition coefficient (Wildman–Crippen LogP) is 4.88. The van der Waals surface area contributed by atoms with Crippen molar-refractivity contribution >= 4 is 0 Å². The molecule has 0 aromatic carbocycles. The zero-order valence-corrected chi connectivity index (χ0v) is 12.6. The third-order valence-corrected chi connectivity index (χ3v) is 3.91. The zero-order valence-electron chi connectivity index (χ0n) is 10.9. The van der Waals surface area contributed by atoms with E-state index < -0.39 is 0 Å². The first kappa shape index (κ1) is 15.6. The van der Waals surface area contributed by atoms with Gasteiger partial charge in [0.2, 0.25) is 0 Å². The van der Waals surface area contributed by atoms with Crippen molar-refractivity contribution in [1.29, 1.82) is 0 Å². The molecule has 0 aromatic heterocycles. The van der Waals surface area contributed by atoms with E-state index >= 15 is 0 Å². The van der Waals surface area contributed by atoms with Crippen LogP contribution in [0.15, 0.2) is 0 Å². The van der Waals surface area contributed by atoms with E-state index in [-0.39, 0.29) is 19.5 Å². The summed E-state index contributed by atoms with van der Waals surface area (Å²) in [6.45, 7) is 9.40. The molecule has 0 bridgehead atoms. The molecule has 4 atom stereocenters. The quantitative estimate of drug-likeness (QED) is 0.559. The topological polar surface area (TPSA) is 0 Å². The second-order valence-electron chi connectivity index (χ2n) is 6.05. The van der Waals surface area contributed by atoms with Gasteiger partial charge < -0.3 is 0 Å². The van der Waals surface area contributed by atoms with E-state index in [0.29, 0.717) is 0 Å². The van der Waals surface area contributed by atoms with Crippen LogP contribution in [0.3, 0.4) is 0 Å². The van der Waals surface area contributed by atoms with E-state index in [1.165, 1.54) is 38.5 Å². The molecule has 2 rings (SSSR count). The Bertz CT molecular complexity index is 121. The zero-order chi connectivity index (χ0) is 10.6. The van der Waals surface area contributed by atoms with Gasteiger partial charge in [0.05, 0.1) is 0 Å². The Morgan fingerprint density at radius 3 is 0.800 bits per heavy atom. The molecule has 0 spiro atoms. The van der Waals surface area contributed by atoms with Crippen molar-refractivity contribution in [2.45, 2.75) is 66.2 Å². The molecule has 2 aliphatic carbocycles. The van der Waals surface area contributed by atoms with Gasteiger partial charge >= 0.3 is 0 Å². The largest absolute Gasteiger partial charge is 0.0625 e.